The van der Waals surface area contributed by atoms with Gasteiger partial charge in [-0.3, -0.25) is 9.59 Å². The van der Waals surface area contributed by atoms with Gasteiger partial charge in [0, 0.05) is 29.3 Å². The normalized spacial score (nSPS) is 19.3. The molecule has 0 spiro atoms. The maximum Gasteiger partial charge on any atom is 0.255 e. The number of halogens is 2. The van der Waals surface area contributed by atoms with Gasteiger partial charge >= 0.3 is 0 Å². The molecule has 174 valence electrons. The highest BCUT2D eigenvalue weighted by Gasteiger charge is 2.35. The number of alkyl halides is 2. The van der Waals surface area contributed by atoms with E-state index in [1.165, 1.54) is 12.2 Å². The highest BCUT2D eigenvalue weighted by molar-refractivity contribution is 6.07. The first-order valence-corrected chi connectivity index (χ1v) is 11.2. The molecule has 0 fully saturated rings. The number of nitrogens with one attached hydrogen (secondary N) is 2. The van der Waals surface area contributed by atoms with Gasteiger partial charge in [-0.25, -0.2) is 8.78 Å². The zero-order valence-corrected chi connectivity index (χ0v) is 19.6. The smallest absolute Gasteiger partial charge is 0.255 e. The summed E-state index contributed by atoms with van der Waals surface area (Å²) in [5.41, 5.74) is 3.56. The minimum absolute atomic E-state index is 0.0421. The van der Waals surface area contributed by atoms with Crippen molar-refractivity contribution in [1.29, 1.82) is 0 Å². The Morgan fingerprint density at radius 2 is 1.97 bits per heavy atom. The maximum absolute atomic E-state index is 13.6. The van der Waals surface area contributed by atoms with Crippen molar-refractivity contribution < 1.29 is 18.4 Å². The van der Waals surface area contributed by atoms with E-state index in [1.54, 1.807) is 19.1 Å². The van der Waals surface area contributed by atoms with Crippen LogP contribution in [0.2, 0.25) is 0 Å². The van der Waals surface area contributed by atoms with E-state index in [0.717, 1.165) is 43.0 Å². The molecule has 1 aromatic rings. The van der Waals surface area contributed by atoms with Crippen LogP contribution in [0.4, 0.5) is 20.2 Å². The number of amides is 2. The summed E-state index contributed by atoms with van der Waals surface area (Å²) in [6.45, 7) is 12.2. The fraction of sp³-hybridized carbons (Fsp3) is 0.462. The number of carbonyl (C=O) groups is 2. The highest BCUT2D eigenvalue weighted by atomic mass is 19.3. The van der Waals surface area contributed by atoms with E-state index in [1.807, 2.05) is 13.0 Å². The average molecular weight is 445 g/mol. The van der Waals surface area contributed by atoms with Crippen molar-refractivity contribution in [3.8, 4) is 0 Å². The lowest BCUT2D eigenvalue weighted by Crippen LogP contribution is -2.34. The second-order valence-corrected chi connectivity index (χ2v) is 8.50. The topological polar surface area (TPSA) is 58.2 Å². The average Bonchev–Trinajstić information content (AvgIpc) is 2.71. The van der Waals surface area contributed by atoms with Gasteiger partial charge < -0.3 is 10.6 Å². The monoisotopic (exact) mass is 444 g/mol. The predicted molar refractivity (Wildman–Crippen MR) is 127 cm³/mol. The van der Waals surface area contributed by atoms with Gasteiger partial charge in [-0.1, -0.05) is 45.1 Å². The Labute approximate surface area is 189 Å². The summed E-state index contributed by atoms with van der Waals surface area (Å²) in [6, 6.07) is 3.69. The second kappa shape index (κ2) is 10.7. The number of aryl methyl sites for hydroxylation is 1. The molecule has 2 amide bonds. The molecule has 2 N–H and O–H groups in total. The molecule has 0 aliphatic carbocycles. The lowest BCUT2D eigenvalue weighted by Gasteiger charge is -2.34. The van der Waals surface area contributed by atoms with Crippen molar-refractivity contribution in [2.45, 2.75) is 72.1 Å². The Morgan fingerprint density at radius 1 is 1.28 bits per heavy atom. The number of hydrogen-bond acceptors (Lipinski definition) is 2. The Balaban J connectivity index is 2.46. The molecule has 1 aromatic carbocycles. The first-order chi connectivity index (χ1) is 15.1. The summed E-state index contributed by atoms with van der Waals surface area (Å²) in [5, 5.41) is 5.90. The van der Waals surface area contributed by atoms with E-state index < -0.39 is 18.3 Å². The summed E-state index contributed by atoms with van der Waals surface area (Å²) in [6.07, 6.45) is 6.40. The van der Waals surface area contributed by atoms with Crippen LogP contribution in [0.15, 0.2) is 48.1 Å². The van der Waals surface area contributed by atoms with Gasteiger partial charge in [-0.05, 0) is 68.4 Å². The van der Waals surface area contributed by atoms with Gasteiger partial charge in [0.05, 0.1) is 0 Å². The highest BCUT2D eigenvalue weighted by Crippen LogP contribution is 2.43. The molecule has 1 heterocycles. The number of rotatable bonds is 9. The van der Waals surface area contributed by atoms with Crippen LogP contribution >= 0.6 is 0 Å². The number of fused-ring (bicyclic) bond motifs is 1. The molecule has 0 aromatic heterocycles. The summed E-state index contributed by atoms with van der Waals surface area (Å²) in [7, 11) is 0. The first kappa shape index (κ1) is 25.5. The maximum atomic E-state index is 13.6. The summed E-state index contributed by atoms with van der Waals surface area (Å²) in [5.74, 6) is -3.44. The van der Waals surface area contributed by atoms with Gasteiger partial charge in [-0.2, -0.15) is 0 Å². The van der Waals surface area contributed by atoms with E-state index >= 15 is 0 Å². The quantitative estimate of drug-likeness (QED) is 0.321. The van der Waals surface area contributed by atoms with Crippen LogP contribution in [0.5, 0.6) is 0 Å². The Bertz CT molecular complexity index is 942. The zero-order chi connectivity index (χ0) is 24.1. The van der Waals surface area contributed by atoms with Crippen molar-refractivity contribution in [1.82, 2.24) is 0 Å². The molecule has 0 saturated carbocycles. The second-order valence-electron chi connectivity index (χ2n) is 8.50. The molecule has 6 heteroatoms. The van der Waals surface area contributed by atoms with Gasteiger partial charge in [0.2, 0.25) is 11.8 Å². The van der Waals surface area contributed by atoms with Gasteiger partial charge in [0.15, 0.2) is 0 Å². The van der Waals surface area contributed by atoms with Crippen LogP contribution in [-0.4, -0.2) is 17.7 Å². The van der Waals surface area contributed by atoms with Crippen LogP contribution in [0, 0.1) is 12.8 Å². The number of benzene rings is 1. The third kappa shape index (κ3) is 5.93. The molecule has 2 atom stereocenters. The Morgan fingerprint density at radius 3 is 2.50 bits per heavy atom. The number of anilines is 2. The SMILES string of the molecule is C=C/C(CC(C)(F)F)=C(\C=C/C)C(=O)Nc1cc(C)c2c(c1)C(CC)C(CCC)C(=O)N2. The molecule has 32 heavy (non-hydrogen) atoms. The molecular formula is C26H34F2N2O2. The number of hydrogen-bond donors (Lipinski definition) is 2. The summed E-state index contributed by atoms with van der Waals surface area (Å²) < 4.78 is 27.3. The number of allylic oxidation sites excluding steroid dienone is 3. The molecular weight excluding hydrogens is 410 g/mol. The van der Waals surface area contributed by atoms with Crippen molar-refractivity contribution in [3.05, 3.63) is 59.2 Å². The molecule has 0 saturated heterocycles. The van der Waals surface area contributed by atoms with Crippen molar-refractivity contribution >= 4 is 23.2 Å². The van der Waals surface area contributed by atoms with Crippen LogP contribution in [-0.2, 0) is 9.59 Å². The van der Waals surface area contributed by atoms with Crippen LogP contribution < -0.4 is 10.6 Å². The summed E-state index contributed by atoms with van der Waals surface area (Å²) >= 11 is 0. The van der Waals surface area contributed by atoms with Gasteiger partial charge in [0.25, 0.3) is 5.91 Å². The third-order valence-corrected chi connectivity index (χ3v) is 5.80. The van der Waals surface area contributed by atoms with Crippen LogP contribution in [0.1, 0.15) is 70.4 Å². The van der Waals surface area contributed by atoms with E-state index in [0.29, 0.717) is 5.69 Å². The molecule has 1 aliphatic rings. The minimum atomic E-state index is -2.96. The largest absolute Gasteiger partial charge is 0.325 e. The van der Waals surface area contributed by atoms with E-state index in [2.05, 4.69) is 31.1 Å². The van der Waals surface area contributed by atoms with Crippen LogP contribution in [0.3, 0.4) is 0 Å². The van der Waals surface area contributed by atoms with E-state index in [9.17, 15) is 18.4 Å². The van der Waals surface area contributed by atoms with E-state index in [-0.39, 0.29) is 28.9 Å². The molecule has 0 radical (unpaired) electrons. The lowest BCUT2D eigenvalue weighted by atomic mass is 9.77. The minimum Gasteiger partial charge on any atom is -0.325 e. The lowest BCUT2D eigenvalue weighted by molar-refractivity contribution is -0.121. The molecule has 0 bridgehead atoms. The van der Waals surface area contributed by atoms with Crippen molar-refractivity contribution in [2.75, 3.05) is 10.6 Å². The standard InChI is InChI=1S/C26H34F2N2O2/c1-7-11-20(17(9-3)15-26(6,27)28)24(31)29-18-13-16(5)23-22(14-18)19(10-4)21(12-8-2)25(32)30-23/h7,9,11,13-14,19,21H,3,8,10,12,15H2,1-2,4-6H3,(H,29,31)(H,30,32)/b11-7-,20-17-. The molecule has 4 nitrogen and oxygen atoms in total. The Kier molecular flexibility index (Phi) is 8.53. The first-order valence-electron chi connectivity index (χ1n) is 11.2. The van der Waals surface area contributed by atoms with Crippen LogP contribution in [0.25, 0.3) is 0 Å². The third-order valence-electron chi connectivity index (χ3n) is 5.80. The molecule has 2 unspecified atom stereocenters. The van der Waals surface area contributed by atoms with Crippen molar-refractivity contribution in [2.24, 2.45) is 5.92 Å². The number of carbonyl (C=O) groups excluding carboxylic acids is 2. The van der Waals surface area contributed by atoms with Crippen molar-refractivity contribution in [3.63, 3.8) is 0 Å². The summed E-state index contributed by atoms with van der Waals surface area (Å²) in [4.78, 5) is 25.7. The Hall–Kier alpha value is -2.76. The van der Waals surface area contributed by atoms with Gasteiger partial charge in [-0.15, -0.1) is 0 Å². The predicted octanol–water partition coefficient (Wildman–Crippen LogP) is 6.90. The van der Waals surface area contributed by atoms with Gasteiger partial charge in [0.1, 0.15) is 0 Å². The molecule has 2 rings (SSSR count). The fourth-order valence-corrected chi connectivity index (χ4v) is 4.42. The van der Waals surface area contributed by atoms with E-state index in [4.69, 9.17) is 0 Å². The fourth-order valence-electron chi connectivity index (χ4n) is 4.42. The zero-order valence-electron chi connectivity index (χ0n) is 19.6. The molecule has 1 aliphatic heterocycles.